The number of ether oxygens (including phenoxy) is 3. The molecule has 4 aromatic rings. The van der Waals surface area contributed by atoms with Crippen LogP contribution < -0.4 is 14.2 Å². The number of carbonyl (C=O) groups is 1. The zero-order valence-electron chi connectivity index (χ0n) is 20.9. The molecule has 7 nitrogen and oxygen atoms in total. The van der Waals surface area contributed by atoms with Crippen molar-refractivity contribution in [3.8, 4) is 17.2 Å². The summed E-state index contributed by atoms with van der Waals surface area (Å²) in [4.78, 5) is 23.3. The number of amides is 1. The molecule has 2 aromatic heterocycles. The van der Waals surface area contributed by atoms with E-state index in [4.69, 9.17) is 14.2 Å². The van der Waals surface area contributed by atoms with Crippen LogP contribution in [0.2, 0.25) is 0 Å². The van der Waals surface area contributed by atoms with Crippen molar-refractivity contribution in [1.82, 2.24) is 14.9 Å². The summed E-state index contributed by atoms with van der Waals surface area (Å²) in [6.45, 7) is 3.11. The van der Waals surface area contributed by atoms with Crippen LogP contribution in [0.15, 0.2) is 60.9 Å². The highest BCUT2D eigenvalue weighted by molar-refractivity contribution is 5.93. The van der Waals surface area contributed by atoms with Crippen molar-refractivity contribution in [2.45, 2.75) is 32.2 Å². The second-order valence-corrected chi connectivity index (χ2v) is 8.88. The van der Waals surface area contributed by atoms with E-state index in [1.807, 2.05) is 36.1 Å². The first-order valence-corrected chi connectivity index (χ1v) is 12.3. The molecule has 0 bridgehead atoms. The standard InChI is InChI=1S/C29H31N3O4/c1-4-36-28-17-23-19(15-27(28)35-3)12-14-32(29(33)25-7-5-6-13-30-25)26(23)11-8-20-18-31-24-10-9-21(34-2)16-22(20)24/h5-7,9-10,13,15-18,26,31H,4,8,11-12,14H2,1-3H3. The fourth-order valence-electron chi connectivity index (χ4n) is 5.11. The van der Waals surface area contributed by atoms with Gasteiger partial charge in [-0.05, 0) is 85.3 Å². The first-order valence-electron chi connectivity index (χ1n) is 12.3. The Hall–Kier alpha value is -4.00. The summed E-state index contributed by atoms with van der Waals surface area (Å²) in [6, 6.07) is 15.5. The third kappa shape index (κ3) is 4.49. The molecule has 7 heteroatoms. The van der Waals surface area contributed by atoms with Crippen LogP contribution in [-0.2, 0) is 12.8 Å². The molecule has 1 aliphatic rings. The van der Waals surface area contributed by atoms with Crippen LogP contribution >= 0.6 is 0 Å². The van der Waals surface area contributed by atoms with Gasteiger partial charge in [-0.15, -0.1) is 0 Å². The molecule has 5 rings (SSSR count). The Balaban J connectivity index is 1.52. The molecule has 1 N–H and O–H groups in total. The highest BCUT2D eigenvalue weighted by Crippen LogP contribution is 2.41. The van der Waals surface area contributed by atoms with Crippen molar-refractivity contribution in [2.75, 3.05) is 27.4 Å². The summed E-state index contributed by atoms with van der Waals surface area (Å²) < 4.78 is 16.9. The Labute approximate surface area is 211 Å². The van der Waals surface area contributed by atoms with Gasteiger partial charge >= 0.3 is 0 Å². The van der Waals surface area contributed by atoms with Crippen LogP contribution in [0.25, 0.3) is 10.9 Å². The molecule has 36 heavy (non-hydrogen) atoms. The lowest BCUT2D eigenvalue weighted by Crippen LogP contribution is -2.40. The van der Waals surface area contributed by atoms with Gasteiger partial charge in [0.1, 0.15) is 11.4 Å². The summed E-state index contributed by atoms with van der Waals surface area (Å²) in [5.74, 6) is 2.20. The molecule has 0 spiro atoms. The summed E-state index contributed by atoms with van der Waals surface area (Å²) >= 11 is 0. The van der Waals surface area contributed by atoms with Crippen LogP contribution in [0.5, 0.6) is 17.2 Å². The second-order valence-electron chi connectivity index (χ2n) is 8.88. The molecule has 1 aliphatic heterocycles. The highest BCUT2D eigenvalue weighted by Gasteiger charge is 2.33. The van der Waals surface area contributed by atoms with Gasteiger partial charge in [-0.1, -0.05) is 6.07 Å². The number of nitrogens with zero attached hydrogens (tertiary/aromatic N) is 2. The number of fused-ring (bicyclic) bond motifs is 2. The molecule has 3 heterocycles. The molecule has 0 radical (unpaired) electrons. The summed E-state index contributed by atoms with van der Waals surface area (Å²) in [6.07, 6.45) is 6.01. The van der Waals surface area contributed by atoms with Crippen molar-refractivity contribution >= 4 is 16.8 Å². The number of aromatic amines is 1. The number of methoxy groups -OCH3 is 2. The molecule has 2 aromatic carbocycles. The lowest BCUT2D eigenvalue weighted by atomic mass is 9.88. The molecule has 0 saturated heterocycles. The summed E-state index contributed by atoms with van der Waals surface area (Å²) in [5, 5.41) is 1.14. The van der Waals surface area contributed by atoms with Gasteiger partial charge in [-0.3, -0.25) is 9.78 Å². The Morgan fingerprint density at radius 2 is 2.00 bits per heavy atom. The number of hydrogen-bond donors (Lipinski definition) is 1. The minimum atomic E-state index is -0.121. The van der Waals surface area contributed by atoms with E-state index >= 15 is 0 Å². The van der Waals surface area contributed by atoms with Crippen molar-refractivity contribution < 1.29 is 19.0 Å². The predicted octanol–water partition coefficient (Wildman–Crippen LogP) is 5.35. The summed E-state index contributed by atoms with van der Waals surface area (Å²) in [7, 11) is 3.34. The number of H-pyrrole nitrogens is 1. The minimum absolute atomic E-state index is 0.0550. The smallest absolute Gasteiger partial charge is 0.272 e. The Bertz CT molecular complexity index is 1370. The molecule has 186 valence electrons. The SMILES string of the molecule is CCOc1cc2c(cc1OC)CCN(C(=O)c1ccccn1)C2CCc1c[nH]c2ccc(OC)cc12. The fraction of sp³-hybridized carbons (Fsp3) is 0.310. The van der Waals surface area contributed by atoms with E-state index in [9.17, 15) is 4.79 Å². The average molecular weight is 486 g/mol. The van der Waals surface area contributed by atoms with Crippen LogP contribution in [0.3, 0.4) is 0 Å². The van der Waals surface area contributed by atoms with Crippen LogP contribution in [0.4, 0.5) is 0 Å². The summed E-state index contributed by atoms with van der Waals surface area (Å²) in [5.41, 5.74) is 5.01. The van der Waals surface area contributed by atoms with Crippen molar-refractivity contribution in [3.63, 3.8) is 0 Å². The monoisotopic (exact) mass is 485 g/mol. The van der Waals surface area contributed by atoms with Crippen LogP contribution in [-0.4, -0.2) is 48.1 Å². The van der Waals surface area contributed by atoms with Gasteiger partial charge in [0.05, 0.1) is 26.9 Å². The number of aryl methyl sites for hydroxylation is 1. The lowest BCUT2D eigenvalue weighted by Gasteiger charge is -2.38. The molecule has 0 fully saturated rings. The third-order valence-corrected chi connectivity index (χ3v) is 6.89. The molecule has 0 saturated carbocycles. The van der Waals surface area contributed by atoms with E-state index in [1.54, 1.807) is 26.5 Å². The Morgan fingerprint density at radius 3 is 2.75 bits per heavy atom. The Kier molecular flexibility index (Phi) is 6.80. The zero-order valence-corrected chi connectivity index (χ0v) is 20.9. The number of aromatic nitrogens is 2. The number of hydrogen-bond acceptors (Lipinski definition) is 5. The molecule has 0 aliphatic carbocycles. The second kappa shape index (κ2) is 10.3. The quantitative estimate of drug-likeness (QED) is 0.364. The van der Waals surface area contributed by atoms with Gasteiger partial charge in [0, 0.05) is 29.8 Å². The maximum atomic E-state index is 13.6. The molecule has 1 atom stereocenters. The first kappa shape index (κ1) is 23.7. The zero-order chi connectivity index (χ0) is 25.1. The van der Waals surface area contributed by atoms with E-state index in [1.165, 1.54) is 11.1 Å². The number of pyridine rings is 1. The van der Waals surface area contributed by atoms with Crippen molar-refractivity contribution in [3.05, 3.63) is 83.3 Å². The van der Waals surface area contributed by atoms with Gasteiger partial charge in [0.25, 0.3) is 5.91 Å². The van der Waals surface area contributed by atoms with E-state index in [-0.39, 0.29) is 11.9 Å². The van der Waals surface area contributed by atoms with Crippen molar-refractivity contribution in [2.24, 2.45) is 0 Å². The minimum Gasteiger partial charge on any atom is -0.497 e. The lowest BCUT2D eigenvalue weighted by molar-refractivity contribution is 0.0644. The molecular formula is C29H31N3O4. The van der Waals surface area contributed by atoms with Crippen molar-refractivity contribution in [1.29, 1.82) is 0 Å². The molecular weight excluding hydrogens is 454 g/mol. The number of carbonyl (C=O) groups excluding carboxylic acids is 1. The van der Waals surface area contributed by atoms with Crippen LogP contribution in [0.1, 0.15) is 46.6 Å². The predicted molar refractivity (Wildman–Crippen MR) is 139 cm³/mol. The molecule has 1 amide bonds. The number of rotatable bonds is 8. The van der Waals surface area contributed by atoms with Gasteiger partial charge < -0.3 is 24.1 Å². The maximum Gasteiger partial charge on any atom is 0.272 e. The topological polar surface area (TPSA) is 76.7 Å². The Morgan fingerprint density at radius 1 is 1.11 bits per heavy atom. The number of benzene rings is 2. The van der Waals surface area contributed by atoms with Gasteiger partial charge in [-0.2, -0.15) is 0 Å². The van der Waals surface area contributed by atoms with E-state index in [2.05, 4.69) is 34.4 Å². The normalized spacial score (nSPS) is 15.0. The van der Waals surface area contributed by atoms with Gasteiger partial charge in [0.2, 0.25) is 0 Å². The first-order chi connectivity index (χ1) is 17.6. The van der Waals surface area contributed by atoms with Gasteiger partial charge in [0.15, 0.2) is 11.5 Å². The molecule has 1 unspecified atom stereocenters. The largest absolute Gasteiger partial charge is 0.497 e. The van der Waals surface area contributed by atoms with E-state index in [0.29, 0.717) is 24.6 Å². The highest BCUT2D eigenvalue weighted by atomic mass is 16.5. The fourth-order valence-corrected chi connectivity index (χ4v) is 5.11. The third-order valence-electron chi connectivity index (χ3n) is 6.89. The van der Waals surface area contributed by atoms with E-state index < -0.39 is 0 Å². The maximum absolute atomic E-state index is 13.6. The van der Waals surface area contributed by atoms with E-state index in [0.717, 1.165) is 47.2 Å². The number of nitrogens with one attached hydrogen (secondary N) is 1. The van der Waals surface area contributed by atoms with Gasteiger partial charge in [-0.25, -0.2) is 0 Å². The van der Waals surface area contributed by atoms with Crippen LogP contribution in [0, 0.1) is 0 Å². The average Bonchev–Trinajstić information content (AvgIpc) is 3.33.